The zero-order valence-corrected chi connectivity index (χ0v) is 15.8. The molecule has 1 saturated heterocycles. The highest BCUT2D eigenvalue weighted by atomic mass is 16.5. The van der Waals surface area contributed by atoms with Gasteiger partial charge in [-0.25, -0.2) is 0 Å². The minimum absolute atomic E-state index is 0.189. The van der Waals surface area contributed by atoms with Gasteiger partial charge < -0.3 is 25.4 Å². The van der Waals surface area contributed by atoms with Crippen molar-refractivity contribution in [2.24, 2.45) is 0 Å². The molecule has 4 rings (SSSR count). The van der Waals surface area contributed by atoms with E-state index in [1.807, 2.05) is 6.07 Å². The van der Waals surface area contributed by atoms with Crippen molar-refractivity contribution in [3.63, 3.8) is 0 Å². The molecule has 1 aliphatic carbocycles. The van der Waals surface area contributed by atoms with Crippen LogP contribution in [0.15, 0.2) is 30.3 Å². The Kier molecular flexibility index (Phi) is 5.02. The van der Waals surface area contributed by atoms with Crippen LogP contribution in [0.5, 0.6) is 0 Å². The average Bonchev–Trinajstić information content (AvgIpc) is 2.73. The molecule has 0 saturated carbocycles. The summed E-state index contributed by atoms with van der Waals surface area (Å²) in [5.74, 6) is -0.405. The number of nitrogens with one attached hydrogen (secondary N) is 1. The number of anilines is 3. The molecule has 1 fully saturated rings. The fraction of sp³-hybridized carbons (Fsp3) is 0.333. The fourth-order valence-corrected chi connectivity index (χ4v) is 3.80. The first-order chi connectivity index (χ1) is 13.6. The number of nitrogens with zero attached hydrogens (tertiary/aromatic N) is 1. The lowest BCUT2D eigenvalue weighted by atomic mass is 9.81. The molecule has 28 heavy (non-hydrogen) atoms. The van der Waals surface area contributed by atoms with Crippen molar-refractivity contribution in [1.82, 2.24) is 0 Å². The maximum absolute atomic E-state index is 13.3. The Bertz CT molecular complexity index is 935. The number of rotatable bonds is 5. The number of ketones is 2. The van der Waals surface area contributed by atoms with Gasteiger partial charge in [0.05, 0.1) is 42.3 Å². The van der Waals surface area contributed by atoms with Gasteiger partial charge in [-0.1, -0.05) is 24.3 Å². The second-order valence-corrected chi connectivity index (χ2v) is 6.83. The van der Waals surface area contributed by atoms with Gasteiger partial charge in [0.25, 0.3) is 0 Å². The van der Waals surface area contributed by atoms with E-state index >= 15 is 0 Å². The largest absolute Gasteiger partial charge is 0.396 e. The predicted octanol–water partition coefficient (Wildman–Crippen LogP) is 1.94. The molecule has 0 bridgehead atoms. The summed E-state index contributed by atoms with van der Waals surface area (Å²) in [5.41, 5.74) is 9.60. The van der Waals surface area contributed by atoms with Crippen LogP contribution in [-0.2, 0) is 9.47 Å². The molecular weight excluding hydrogens is 358 g/mol. The molecule has 0 unspecified atom stereocenters. The van der Waals surface area contributed by atoms with Gasteiger partial charge in [0.1, 0.15) is 0 Å². The minimum atomic E-state index is -0.215. The lowest BCUT2D eigenvalue weighted by Crippen LogP contribution is -2.37. The van der Waals surface area contributed by atoms with E-state index in [1.165, 1.54) is 0 Å². The molecule has 1 heterocycles. The maximum Gasteiger partial charge on any atom is 0.196 e. The molecule has 7 nitrogen and oxygen atoms in total. The number of carbonyl (C=O) groups excluding carboxylic acids is 2. The zero-order valence-electron chi connectivity index (χ0n) is 15.8. The Morgan fingerprint density at radius 3 is 2.39 bits per heavy atom. The number of hydrogen-bond acceptors (Lipinski definition) is 7. The average molecular weight is 381 g/mol. The summed E-state index contributed by atoms with van der Waals surface area (Å²) < 4.78 is 10.5. The maximum atomic E-state index is 13.3. The van der Waals surface area contributed by atoms with E-state index in [0.29, 0.717) is 67.5 Å². The van der Waals surface area contributed by atoms with Crippen LogP contribution < -0.4 is 16.0 Å². The number of benzene rings is 2. The third kappa shape index (κ3) is 3.02. The lowest BCUT2D eigenvalue weighted by Gasteiger charge is -2.32. The standard InChI is InChI=1S/C21H23N3O4/c1-27-9-6-23-15-12-16(24-7-10-28-11-8-24)19(22)18-17(15)20(25)13-4-2-3-5-14(13)21(18)26/h2-5,12,23H,6-11,22H2,1H3. The summed E-state index contributed by atoms with van der Waals surface area (Å²) in [5, 5.41) is 3.25. The summed E-state index contributed by atoms with van der Waals surface area (Å²) in [7, 11) is 1.62. The van der Waals surface area contributed by atoms with Gasteiger partial charge in [0.2, 0.25) is 0 Å². The Hall–Kier alpha value is -2.90. The third-order valence-electron chi connectivity index (χ3n) is 5.19. The molecule has 0 aromatic heterocycles. The van der Waals surface area contributed by atoms with Gasteiger partial charge in [-0.2, -0.15) is 0 Å². The molecule has 1 aliphatic heterocycles. The van der Waals surface area contributed by atoms with Gasteiger partial charge in [-0.05, 0) is 6.07 Å². The van der Waals surface area contributed by atoms with Crippen LogP contribution in [-0.4, -0.2) is 58.1 Å². The summed E-state index contributed by atoms with van der Waals surface area (Å²) >= 11 is 0. The molecule has 7 heteroatoms. The Morgan fingerprint density at radius 2 is 1.75 bits per heavy atom. The predicted molar refractivity (Wildman–Crippen MR) is 108 cm³/mol. The van der Waals surface area contributed by atoms with Crippen molar-refractivity contribution in [2.45, 2.75) is 0 Å². The van der Waals surface area contributed by atoms with Crippen LogP contribution in [0.4, 0.5) is 17.1 Å². The molecule has 3 N–H and O–H groups in total. The van der Waals surface area contributed by atoms with Crippen LogP contribution in [0.2, 0.25) is 0 Å². The molecular formula is C21H23N3O4. The van der Waals surface area contributed by atoms with Crippen molar-refractivity contribution in [2.75, 3.05) is 62.5 Å². The van der Waals surface area contributed by atoms with Gasteiger partial charge in [0.15, 0.2) is 11.6 Å². The van der Waals surface area contributed by atoms with Gasteiger partial charge in [0, 0.05) is 43.6 Å². The highest BCUT2D eigenvalue weighted by Crippen LogP contribution is 2.41. The summed E-state index contributed by atoms with van der Waals surface area (Å²) in [6.45, 7) is 3.54. The SMILES string of the molecule is COCCNc1cc(N2CCOCC2)c(N)c2c1C(=O)c1ccccc1C2=O. The van der Waals surface area contributed by atoms with E-state index in [0.717, 1.165) is 5.69 Å². The lowest BCUT2D eigenvalue weighted by molar-refractivity contribution is 0.0980. The van der Waals surface area contributed by atoms with Gasteiger partial charge in [-0.15, -0.1) is 0 Å². The second-order valence-electron chi connectivity index (χ2n) is 6.83. The van der Waals surface area contributed by atoms with E-state index in [1.54, 1.807) is 31.4 Å². The molecule has 146 valence electrons. The van der Waals surface area contributed by atoms with E-state index in [-0.39, 0.29) is 17.1 Å². The molecule has 0 amide bonds. The first-order valence-corrected chi connectivity index (χ1v) is 9.34. The Labute approximate surface area is 163 Å². The van der Waals surface area contributed by atoms with Crippen molar-refractivity contribution in [3.05, 3.63) is 52.6 Å². The van der Waals surface area contributed by atoms with Crippen molar-refractivity contribution in [3.8, 4) is 0 Å². The quantitative estimate of drug-likeness (QED) is 0.515. The summed E-state index contributed by atoms with van der Waals surface area (Å²) in [4.78, 5) is 28.6. The van der Waals surface area contributed by atoms with Gasteiger partial charge >= 0.3 is 0 Å². The summed E-state index contributed by atoms with van der Waals surface area (Å²) in [6.07, 6.45) is 0. The number of hydrogen-bond donors (Lipinski definition) is 2. The van der Waals surface area contributed by atoms with E-state index in [9.17, 15) is 9.59 Å². The van der Waals surface area contributed by atoms with Crippen molar-refractivity contribution < 1.29 is 19.1 Å². The minimum Gasteiger partial charge on any atom is -0.396 e. The highest BCUT2D eigenvalue weighted by Gasteiger charge is 2.35. The second kappa shape index (κ2) is 7.61. The Balaban J connectivity index is 1.88. The van der Waals surface area contributed by atoms with Crippen LogP contribution >= 0.6 is 0 Å². The van der Waals surface area contributed by atoms with E-state index in [4.69, 9.17) is 15.2 Å². The fourth-order valence-electron chi connectivity index (χ4n) is 3.80. The van der Waals surface area contributed by atoms with Crippen LogP contribution in [0, 0.1) is 0 Å². The van der Waals surface area contributed by atoms with E-state index < -0.39 is 0 Å². The topological polar surface area (TPSA) is 93.9 Å². The monoisotopic (exact) mass is 381 g/mol. The van der Waals surface area contributed by atoms with Crippen LogP contribution in [0.1, 0.15) is 31.8 Å². The number of methoxy groups -OCH3 is 1. The molecule has 0 atom stereocenters. The zero-order chi connectivity index (χ0) is 19.7. The third-order valence-corrected chi connectivity index (χ3v) is 5.19. The van der Waals surface area contributed by atoms with Crippen molar-refractivity contribution in [1.29, 1.82) is 0 Å². The molecule has 0 radical (unpaired) electrons. The number of nitrogen functional groups attached to an aromatic ring is 1. The smallest absolute Gasteiger partial charge is 0.196 e. The molecule has 2 aromatic carbocycles. The number of carbonyl (C=O) groups is 2. The highest BCUT2D eigenvalue weighted by molar-refractivity contribution is 6.32. The van der Waals surface area contributed by atoms with Crippen LogP contribution in [0.25, 0.3) is 0 Å². The first kappa shape index (κ1) is 18.5. The van der Waals surface area contributed by atoms with Crippen molar-refractivity contribution >= 4 is 28.6 Å². The van der Waals surface area contributed by atoms with Gasteiger partial charge in [-0.3, -0.25) is 9.59 Å². The summed E-state index contributed by atoms with van der Waals surface area (Å²) in [6, 6.07) is 8.75. The molecule has 0 spiro atoms. The normalized spacial score (nSPS) is 16.0. The van der Waals surface area contributed by atoms with Crippen LogP contribution in [0.3, 0.4) is 0 Å². The van der Waals surface area contributed by atoms with E-state index in [2.05, 4.69) is 10.2 Å². The molecule has 2 aliphatic rings. The number of ether oxygens (including phenoxy) is 2. The number of fused-ring (bicyclic) bond motifs is 2. The molecule has 2 aromatic rings. The number of nitrogens with two attached hydrogens (primary N) is 1. The number of morpholine rings is 1. The Morgan fingerprint density at radius 1 is 1.11 bits per heavy atom. The first-order valence-electron chi connectivity index (χ1n) is 9.34.